The number of allylic oxidation sites excluding steroid dienone is 2. The van der Waals surface area contributed by atoms with Crippen LogP contribution in [0.15, 0.2) is 12.2 Å². The van der Waals surface area contributed by atoms with Crippen molar-refractivity contribution in [2.45, 2.75) is 40.0 Å². The number of rotatable bonds is 8. The number of hydrogen-bond acceptors (Lipinski definition) is 4. The highest BCUT2D eigenvalue weighted by molar-refractivity contribution is 6.00. The minimum Gasteiger partial charge on any atom is -0.465 e. The van der Waals surface area contributed by atoms with Gasteiger partial charge < -0.3 is 9.47 Å². The molecule has 0 aliphatic rings. The Morgan fingerprint density at radius 1 is 1.11 bits per heavy atom. The monoisotopic (exact) mass is 266 g/mol. The molecule has 0 spiro atoms. The molecule has 0 radical (unpaired) electrons. The topological polar surface area (TPSA) is 52.6 Å². The SMILES string of the molecule is C#CCC(CC=CCC)(C(=O)OCC)C(=O)OCC. The van der Waals surface area contributed by atoms with Gasteiger partial charge in [0.2, 0.25) is 0 Å². The first-order chi connectivity index (χ1) is 9.08. The quantitative estimate of drug-likeness (QED) is 0.293. The molecule has 19 heavy (non-hydrogen) atoms. The van der Waals surface area contributed by atoms with Crippen LogP contribution in [0, 0.1) is 17.8 Å². The molecular weight excluding hydrogens is 244 g/mol. The van der Waals surface area contributed by atoms with Crippen LogP contribution in [0.2, 0.25) is 0 Å². The summed E-state index contributed by atoms with van der Waals surface area (Å²) >= 11 is 0. The lowest BCUT2D eigenvalue weighted by Crippen LogP contribution is -2.41. The van der Waals surface area contributed by atoms with E-state index in [0.717, 1.165) is 6.42 Å². The van der Waals surface area contributed by atoms with Gasteiger partial charge in [0, 0.05) is 6.42 Å². The molecule has 0 saturated heterocycles. The van der Waals surface area contributed by atoms with E-state index in [2.05, 4.69) is 5.92 Å². The summed E-state index contributed by atoms with van der Waals surface area (Å²) in [6, 6.07) is 0. The van der Waals surface area contributed by atoms with Crippen LogP contribution in [-0.4, -0.2) is 25.2 Å². The van der Waals surface area contributed by atoms with Gasteiger partial charge in [-0.3, -0.25) is 9.59 Å². The molecule has 0 aliphatic heterocycles. The average molecular weight is 266 g/mol. The van der Waals surface area contributed by atoms with Crippen LogP contribution >= 0.6 is 0 Å². The van der Waals surface area contributed by atoms with Crippen molar-refractivity contribution in [1.29, 1.82) is 0 Å². The Morgan fingerprint density at radius 3 is 2.00 bits per heavy atom. The highest BCUT2D eigenvalue weighted by Crippen LogP contribution is 2.31. The van der Waals surface area contributed by atoms with Crippen LogP contribution in [0.3, 0.4) is 0 Å². The first-order valence-electron chi connectivity index (χ1n) is 6.51. The van der Waals surface area contributed by atoms with Crippen molar-refractivity contribution < 1.29 is 19.1 Å². The highest BCUT2D eigenvalue weighted by atomic mass is 16.6. The molecule has 0 saturated carbocycles. The van der Waals surface area contributed by atoms with Gasteiger partial charge in [-0.1, -0.05) is 19.1 Å². The molecule has 0 aromatic carbocycles. The molecule has 0 fully saturated rings. The average Bonchev–Trinajstić information content (AvgIpc) is 2.38. The van der Waals surface area contributed by atoms with Crippen LogP contribution in [0.5, 0.6) is 0 Å². The van der Waals surface area contributed by atoms with Crippen molar-refractivity contribution in [1.82, 2.24) is 0 Å². The molecule has 0 aromatic rings. The van der Waals surface area contributed by atoms with E-state index >= 15 is 0 Å². The van der Waals surface area contributed by atoms with Crippen LogP contribution in [-0.2, 0) is 19.1 Å². The molecule has 106 valence electrons. The van der Waals surface area contributed by atoms with E-state index in [1.807, 2.05) is 13.0 Å². The molecule has 0 bridgehead atoms. The number of carbonyl (C=O) groups is 2. The van der Waals surface area contributed by atoms with Gasteiger partial charge in [-0.05, 0) is 26.7 Å². The first-order valence-corrected chi connectivity index (χ1v) is 6.51. The lowest BCUT2D eigenvalue weighted by molar-refractivity contribution is -0.171. The van der Waals surface area contributed by atoms with Gasteiger partial charge in [0.15, 0.2) is 5.41 Å². The molecule has 0 amide bonds. The van der Waals surface area contributed by atoms with Gasteiger partial charge in [0.05, 0.1) is 13.2 Å². The molecule has 0 rings (SSSR count). The van der Waals surface area contributed by atoms with Crippen molar-refractivity contribution in [2.75, 3.05) is 13.2 Å². The van der Waals surface area contributed by atoms with Crippen molar-refractivity contribution in [3.8, 4) is 12.3 Å². The maximum absolute atomic E-state index is 12.1. The van der Waals surface area contributed by atoms with E-state index in [4.69, 9.17) is 15.9 Å². The second-order valence-electron chi connectivity index (χ2n) is 3.99. The van der Waals surface area contributed by atoms with E-state index in [9.17, 15) is 9.59 Å². The third-order valence-electron chi connectivity index (χ3n) is 2.60. The normalized spacial score (nSPS) is 11.1. The molecule has 0 heterocycles. The number of esters is 2. The minimum absolute atomic E-state index is 0.0290. The van der Waals surface area contributed by atoms with E-state index in [0.29, 0.717) is 0 Å². The predicted molar refractivity (Wildman–Crippen MR) is 73.2 cm³/mol. The summed E-state index contributed by atoms with van der Waals surface area (Å²) in [6.07, 6.45) is 9.93. The fourth-order valence-corrected chi connectivity index (χ4v) is 1.63. The van der Waals surface area contributed by atoms with Crippen LogP contribution in [0.4, 0.5) is 0 Å². The van der Waals surface area contributed by atoms with Crippen LogP contribution in [0.25, 0.3) is 0 Å². The molecule has 0 atom stereocenters. The summed E-state index contributed by atoms with van der Waals surface area (Å²) in [5, 5.41) is 0. The van der Waals surface area contributed by atoms with Crippen molar-refractivity contribution in [3.05, 3.63) is 12.2 Å². The number of carbonyl (C=O) groups excluding carboxylic acids is 2. The third kappa shape index (κ3) is 4.78. The summed E-state index contributed by atoms with van der Waals surface area (Å²) in [5.41, 5.74) is -1.42. The standard InChI is InChI=1S/C15H22O4/c1-5-9-10-12-15(11-6-2,13(16)18-7-3)14(17)19-8-4/h2,9-10H,5,7-8,11-12H2,1,3-4H3. The summed E-state index contributed by atoms with van der Waals surface area (Å²) in [7, 11) is 0. The Kier molecular flexibility index (Phi) is 8.35. The fraction of sp³-hybridized carbons (Fsp3) is 0.600. The Labute approximate surface area is 115 Å². The zero-order chi connectivity index (χ0) is 14.7. The second kappa shape index (κ2) is 9.21. The first kappa shape index (κ1) is 17.2. The van der Waals surface area contributed by atoms with E-state index in [1.165, 1.54) is 0 Å². The minimum atomic E-state index is -1.42. The highest BCUT2D eigenvalue weighted by Gasteiger charge is 2.47. The molecule has 4 heteroatoms. The zero-order valence-electron chi connectivity index (χ0n) is 11.9. The maximum atomic E-state index is 12.1. The summed E-state index contributed by atoms with van der Waals surface area (Å²) in [6.45, 7) is 5.73. The van der Waals surface area contributed by atoms with Gasteiger partial charge in [0.25, 0.3) is 0 Å². The molecule has 0 N–H and O–H groups in total. The predicted octanol–water partition coefficient (Wildman–Crippen LogP) is 2.48. The summed E-state index contributed by atoms with van der Waals surface area (Å²) in [4.78, 5) is 24.2. The number of hydrogen-bond donors (Lipinski definition) is 0. The van der Waals surface area contributed by atoms with Gasteiger partial charge in [-0.2, -0.15) is 0 Å². The van der Waals surface area contributed by atoms with Gasteiger partial charge >= 0.3 is 11.9 Å². The lowest BCUT2D eigenvalue weighted by Gasteiger charge is -2.26. The van der Waals surface area contributed by atoms with E-state index < -0.39 is 17.4 Å². The molecule has 4 nitrogen and oxygen atoms in total. The number of terminal acetylenes is 1. The maximum Gasteiger partial charge on any atom is 0.324 e. The lowest BCUT2D eigenvalue weighted by atomic mass is 9.81. The van der Waals surface area contributed by atoms with Crippen molar-refractivity contribution >= 4 is 11.9 Å². The molecule has 0 aromatic heterocycles. The molecule has 0 aliphatic carbocycles. The van der Waals surface area contributed by atoms with Crippen LogP contribution in [0.1, 0.15) is 40.0 Å². The molecule has 0 unspecified atom stereocenters. The smallest absolute Gasteiger partial charge is 0.324 e. The van der Waals surface area contributed by atoms with Crippen molar-refractivity contribution in [3.63, 3.8) is 0 Å². The van der Waals surface area contributed by atoms with Gasteiger partial charge in [-0.25, -0.2) is 0 Å². The Bertz CT molecular complexity index is 345. The van der Waals surface area contributed by atoms with Gasteiger partial charge in [-0.15, -0.1) is 12.3 Å². The Balaban J connectivity index is 5.33. The molecular formula is C15H22O4. The van der Waals surface area contributed by atoms with Crippen LogP contribution < -0.4 is 0 Å². The Hall–Kier alpha value is -1.76. The van der Waals surface area contributed by atoms with E-state index in [-0.39, 0.29) is 26.1 Å². The van der Waals surface area contributed by atoms with Crippen molar-refractivity contribution in [2.24, 2.45) is 5.41 Å². The zero-order valence-corrected chi connectivity index (χ0v) is 11.9. The second-order valence-corrected chi connectivity index (χ2v) is 3.99. The fourth-order valence-electron chi connectivity index (χ4n) is 1.63. The number of ether oxygens (including phenoxy) is 2. The third-order valence-corrected chi connectivity index (χ3v) is 2.60. The summed E-state index contributed by atoms with van der Waals surface area (Å²) < 4.78 is 9.98. The largest absolute Gasteiger partial charge is 0.465 e. The van der Waals surface area contributed by atoms with Gasteiger partial charge in [0.1, 0.15) is 0 Å². The Morgan fingerprint density at radius 2 is 1.63 bits per heavy atom. The summed E-state index contributed by atoms with van der Waals surface area (Å²) in [5.74, 6) is 1.14. The van der Waals surface area contributed by atoms with E-state index in [1.54, 1.807) is 19.9 Å².